The molecule has 1 atom stereocenters. The summed E-state index contributed by atoms with van der Waals surface area (Å²) < 4.78 is 0. The molecule has 1 saturated heterocycles. The van der Waals surface area contributed by atoms with Gasteiger partial charge in [-0.3, -0.25) is 4.90 Å². The van der Waals surface area contributed by atoms with Crippen LogP contribution in [0.1, 0.15) is 18.4 Å². The summed E-state index contributed by atoms with van der Waals surface area (Å²) in [5.74, 6) is 0.932. The highest BCUT2D eigenvalue weighted by Crippen LogP contribution is 2.36. The fourth-order valence-electron chi connectivity index (χ4n) is 2.78. The van der Waals surface area contributed by atoms with E-state index in [0.717, 1.165) is 43.2 Å². The van der Waals surface area contributed by atoms with E-state index in [4.69, 9.17) is 11.6 Å². The van der Waals surface area contributed by atoms with E-state index in [1.165, 1.54) is 18.4 Å². The highest BCUT2D eigenvalue weighted by Gasteiger charge is 2.36. The molecule has 1 N–H and O–H groups in total. The van der Waals surface area contributed by atoms with Gasteiger partial charge in [0.25, 0.3) is 0 Å². The lowest BCUT2D eigenvalue weighted by molar-refractivity contribution is 0.135. The molecule has 2 nitrogen and oxygen atoms in total. The molecule has 0 aromatic heterocycles. The van der Waals surface area contributed by atoms with E-state index in [1.807, 2.05) is 12.1 Å². The maximum atomic E-state index is 6.04. The number of rotatable bonds is 3. The van der Waals surface area contributed by atoms with Crippen LogP contribution < -0.4 is 5.32 Å². The van der Waals surface area contributed by atoms with Gasteiger partial charge < -0.3 is 5.32 Å². The van der Waals surface area contributed by atoms with Gasteiger partial charge in [0.2, 0.25) is 0 Å². The van der Waals surface area contributed by atoms with E-state index in [9.17, 15) is 0 Å². The van der Waals surface area contributed by atoms with E-state index in [0.29, 0.717) is 0 Å². The summed E-state index contributed by atoms with van der Waals surface area (Å²) in [4.78, 5) is 2.62. The van der Waals surface area contributed by atoms with Gasteiger partial charge in [0, 0.05) is 37.2 Å². The molecule has 1 saturated carbocycles. The van der Waals surface area contributed by atoms with Crippen LogP contribution >= 0.6 is 11.6 Å². The van der Waals surface area contributed by atoms with Gasteiger partial charge in [-0.2, -0.15) is 0 Å². The molecule has 1 aliphatic carbocycles. The quantitative estimate of drug-likeness (QED) is 0.887. The standard InChI is InChI=1S/C14H19ClN2/c15-13-3-1-2-11(8-13)10-17-7-6-16-9-14(17)12-4-5-12/h1-3,8,12,14,16H,4-7,9-10H2. The first kappa shape index (κ1) is 11.5. The Hall–Kier alpha value is -0.570. The summed E-state index contributed by atoms with van der Waals surface area (Å²) in [6, 6.07) is 9.00. The first-order valence-corrected chi connectivity index (χ1v) is 6.90. The molecule has 2 aliphatic rings. The highest BCUT2D eigenvalue weighted by atomic mass is 35.5. The zero-order valence-electron chi connectivity index (χ0n) is 10.0. The average Bonchev–Trinajstić information content (AvgIpc) is 3.14. The molecule has 0 spiro atoms. The van der Waals surface area contributed by atoms with Crippen LogP contribution in [0.25, 0.3) is 0 Å². The number of nitrogens with one attached hydrogen (secondary N) is 1. The van der Waals surface area contributed by atoms with E-state index in [-0.39, 0.29) is 0 Å². The van der Waals surface area contributed by atoms with Crippen molar-refractivity contribution in [1.82, 2.24) is 10.2 Å². The van der Waals surface area contributed by atoms with Gasteiger partial charge >= 0.3 is 0 Å². The molecule has 0 radical (unpaired) electrons. The van der Waals surface area contributed by atoms with E-state index >= 15 is 0 Å². The lowest BCUT2D eigenvalue weighted by atomic mass is 10.1. The van der Waals surface area contributed by atoms with Crippen molar-refractivity contribution in [2.45, 2.75) is 25.4 Å². The Morgan fingerprint density at radius 2 is 2.24 bits per heavy atom. The Morgan fingerprint density at radius 3 is 3.00 bits per heavy atom. The molecule has 17 heavy (non-hydrogen) atoms. The normalized spacial score (nSPS) is 26.1. The number of nitrogens with zero attached hydrogens (tertiary/aromatic N) is 1. The molecule has 0 bridgehead atoms. The van der Waals surface area contributed by atoms with Gasteiger partial charge in [-0.25, -0.2) is 0 Å². The Morgan fingerprint density at radius 1 is 1.35 bits per heavy atom. The molecule has 2 fully saturated rings. The molecule has 1 heterocycles. The fourth-order valence-corrected chi connectivity index (χ4v) is 2.99. The zero-order chi connectivity index (χ0) is 11.7. The topological polar surface area (TPSA) is 15.3 Å². The summed E-state index contributed by atoms with van der Waals surface area (Å²) >= 11 is 6.04. The lowest BCUT2D eigenvalue weighted by Crippen LogP contribution is -2.51. The van der Waals surface area contributed by atoms with Gasteiger partial charge in [0.15, 0.2) is 0 Å². The van der Waals surface area contributed by atoms with E-state index in [1.54, 1.807) is 0 Å². The SMILES string of the molecule is Clc1cccc(CN2CCNCC2C2CC2)c1. The van der Waals surface area contributed by atoms with Crippen LogP contribution in [0, 0.1) is 5.92 Å². The largest absolute Gasteiger partial charge is 0.314 e. The zero-order valence-corrected chi connectivity index (χ0v) is 10.8. The molecular formula is C14H19ClN2. The fraction of sp³-hybridized carbons (Fsp3) is 0.571. The van der Waals surface area contributed by atoms with Crippen molar-refractivity contribution < 1.29 is 0 Å². The Kier molecular flexibility index (Phi) is 3.37. The van der Waals surface area contributed by atoms with Crippen LogP contribution in [0.3, 0.4) is 0 Å². The Balaban J connectivity index is 1.69. The highest BCUT2D eigenvalue weighted by molar-refractivity contribution is 6.30. The molecule has 3 rings (SSSR count). The summed E-state index contributed by atoms with van der Waals surface area (Å²) in [5.41, 5.74) is 1.34. The van der Waals surface area contributed by atoms with Crippen molar-refractivity contribution in [3.63, 3.8) is 0 Å². The summed E-state index contributed by atoms with van der Waals surface area (Å²) in [6.45, 7) is 4.48. The molecule has 0 amide bonds. The number of hydrogen-bond acceptors (Lipinski definition) is 2. The van der Waals surface area contributed by atoms with Crippen molar-refractivity contribution in [2.75, 3.05) is 19.6 Å². The minimum absolute atomic E-state index is 0.739. The second kappa shape index (κ2) is 4.97. The molecule has 92 valence electrons. The minimum Gasteiger partial charge on any atom is -0.314 e. The second-order valence-electron chi connectivity index (χ2n) is 5.21. The van der Waals surface area contributed by atoms with Gasteiger partial charge in [0.1, 0.15) is 0 Å². The molecule has 1 aliphatic heterocycles. The average molecular weight is 251 g/mol. The third-order valence-electron chi connectivity index (χ3n) is 3.84. The van der Waals surface area contributed by atoms with Crippen molar-refractivity contribution in [1.29, 1.82) is 0 Å². The van der Waals surface area contributed by atoms with Crippen LogP contribution in [0.2, 0.25) is 5.02 Å². The number of halogens is 1. The second-order valence-corrected chi connectivity index (χ2v) is 5.65. The van der Waals surface area contributed by atoms with Crippen LogP contribution in [0.4, 0.5) is 0 Å². The minimum atomic E-state index is 0.739. The predicted octanol–water partition coefficient (Wildman–Crippen LogP) is 2.52. The van der Waals surface area contributed by atoms with Gasteiger partial charge in [-0.05, 0) is 36.5 Å². The van der Waals surface area contributed by atoms with Crippen molar-refractivity contribution in [3.05, 3.63) is 34.9 Å². The van der Waals surface area contributed by atoms with Crippen LogP contribution in [0.5, 0.6) is 0 Å². The monoisotopic (exact) mass is 250 g/mol. The van der Waals surface area contributed by atoms with Gasteiger partial charge in [0.05, 0.1) is 0 Å². The van der Waals surface area contributed by atoms with Crippen LogP contribution in [-0.2, 0) is 6.54 Å². The first-order valence-electron chi connectivity index (χ1n) is 6.52. The number of piperazine rings is 1. The van der Waals surface area contributed by atoms with Crippen molar-refractivity contribution in [2.24, 2.45) is 5.92 Å². The Bertz CT molecular complexity index is 390. The predicted molar refractivity (Wildman–Crippen MR) is 71.2 cm³/mol. The molecule has 1 aromatic carbocycles. The van der Waals surface area contributed by atoms with E-state index < -0.39 is 0 Å². The molecule has 1 aromatic rings. The summed E-state index contributed by atoms with van der Waals surface area (Å²) in [5, 5.41) is 4.36. The maximum absolute atomic E-state index is 6.04. The number of benzene rings is 1. The van der Waals surface area contributed by atoms with E-state index in [2.05, 4.69) is 22.3 Å². The summed E-state index contributed by atoms with van der Waals surface area (Å²) in [6.07, 6.45) is 2.83. The van der Waals surface area contributed by atoms with Crippen molar-refractivity contribution in [3.8, 4) is 0 Å². The van der Waals surface area contributed by atoms with Gasteiger partial charge in [-0.1, -0.05) is 23.7 Å². The van der Waals surface area contributed by atoms with Crippen LogP contribution in [0.15, 0.2) is 24.3 Å². The Labute approximate surface area is 108 Å². The summed E-state index contributed by atoms with van der Waals surface area (Å²) in [7, 11) is 0. The lowest BCUT2D eigenvalue weighted by Gasteiger charge is -2.36. The first-order chi connectivity index (χ1) is 8.33. The molecule has 3 heteroatoms. The molecule has 1 unspecified atom stereocenters. The smallest absolute Gasteiger partial charge is 0.0409 e. The maximum Gasteiger partial charge on any atom is 0.0409 e. The third-order valence-corrected chi connectivity index (χ3v) is 4.07. The van der Waals surface area contributed by atoms with Crippen LogP contribution in [-0.4, -0.2) is 30.6 Å². The molecular weight excluding hydrogens is 232 g/mol. The van der Waals surface area contributed by atoms with Crippen molar-refractivity contribution >= 4 is 11.6 Å². The third kappa shape index (κ3) is 2.82. The van der Waals surface area contributed by atoms with Gasteiger partial charge in [-0.15, -0.1) is 0 Å². The number of hydrogen-bond donors (Lipinski definition) is 1.